The highest BCUT2D eigenvalue weighted by atomic mass is 32.2. The first-order chi connectivity index (χ1) is 8.88. The molecule has 2 rings (SSSR count). The largest absolute Gasteiger partial charge is 0.368 e. The molecule has 0 aromatic carbocycles. The first-order valence-corrected chi connectivity index (χ1v) is 7.80. The van der Waals surface area contributed by atoms with Gasteiger partial charge in [0.15, 0.2) is 5.13 Å². The molecule has 0 spiro atoms. The fourth-order valence-electron chi connectivity index (χ4n) is 1.24. The van der Waals surface area contributed by atoms with Crippen molar-refractivity contribution >= 4 is 32.4 Å². The van der Waals surface area contributed by atoms with Gasteiger partial charge in [0, 0.05) is 5.38 Å². The number of sulfonamides is 1. The lowest BCUT2D eigenvalue weighted by Gasteiger charge is -2.04. The molecule has 7 nitrogen and oxygen atoms in total. The summed E-state index contributed by atoms with van der Waals surface area (Å²) in [6.45, 7) is 3.97. The minimum absolute atomic E-state index is 0.0234. The highest BCUT2D eigenvalue weighted by Crippen LogP contribution is 2.23. The van der Waals surface area contributed by atoms with E-state index in [0.29, 0.717) is 5.13 Å². The zero-order chi connectivity index (χ0) is 14.0. The van der Waals surface area contributed by atoms with E-state index in [9.17, 15) is 8.42 Å². The Morgan fingerprint density at radius 2 is 1.95 bits per heavy atom. The van der Waals surface area contributed by atoms with Gasteiger partial charge in [-0.2, -0.15) is 0 Å². The molecule has 0 atom stereocenters. The van der Waals surface area contributed by atoms with Crippen molar-refractivity contribution in [2.45, 2.75) is 24.7 Å². The molecule has 0 saturated heterocycles. The fourth-order valence-corrected chi connectivity index (χ4v) is 3.25. The number of hydrogen-bond acceptors (Lipinski definition) is 7. The highest BCUT2D eigenvalue weighted by Gasteiger charge is 2.17. The molecule has 0 fully saturated rings. The second-order valence-electron chi connectivity index (χ2n) is 4.11. The predicted molar refractivity (Wildman–Crippen MR) is 73.5 cm³/mol. The SMILES string of the molecule is CC(C)c1csc(NS(=O)(=O)c2cnc(N)nc2)n1. The molecule has 0 bridgehead atoms. The minimum Gasteiger partial charge on any atom is -0.368 e. The summed E-state index contributed by atoms with van der Waals surface area (Å²) in [5, 5.41) is 2.14. The number of nitrogen functional groups attached to an aromatic ring is 1. The molecule has 102 valence electrons. The normalized spacial score (nSPS) is 11.7. The van der Waals surface area contributed by atoms with E-state index in [1.807, 2.05) is 19.2 Å². The number of anilines is 2. The minimum atomic E-state index is -3.73. The van der Waals surface area contributed by atoms with E-state index in [1.54, 1.807) is 0 Å². The number of hydrogen-bond donors (Lipinski definition) is 2. The molecule has 0 radical (unpaired) electrons. The van der Waals surface area contributed by atoms with Crippen molar-refractivity contribution in [1.29, 1.82) is 0 Å². The molecule has 19 heavy (non-hydrogen) atoms. The van der Waals surface area contributed by atoms with Gasteiger partial charge in [-0.1, -0.05) is 13.8 Å². The van der Waals surface area contributed by atoms with Crippen molar-refractivity contribution in [1.82, 2.24) is 15.0 Å². The average Bonchev–Trinajstić information content (AvgIpc) is 2.77. The molecule has 0 amide bonds. The van der Waals surface area contributed by atoms with Crippen molar-refractivity contribution in [3.63, 3.8) is 0 Å². The monoisotopic (exact) mass is 299 g/mol. The lowest BCUT2D eigenvalue weighted by molar-refractivity contribution is 0.600. The van der Waals surface area contributed by atoms with Gasteiger partial charge in [0.25, 0.3) is 10.0 Å². The fraction of sp³-hybridized carbons (Fsp3) is 0.300. The van der Waals surface area contributed by atoms with Crippen molar-refractivity contribution in [3.8, 4) is 0 Å². The molecule has 0 unspecified atom stereocenters. The van der Waals surface area contributed by atoms with Gasteiger partial charge in [-0.25, -0.2) is 23.4 Å². The van der Waals surface area contributed by atoms with Crippen LogP contribution in [0.5, 0.6) is 0 Å². The maximum Gasteiger partial charge on any atom is 0.266 e. The Kier molecular flexibility index (Phi) is 3.67. The van der Waals surface area contributed by atoms with E-state index in [2.05, 4.69) is 19.7 Å². The first kappa shape index (κ1) is 13.7. The summed E-state index contributed by atoms with van der Waals surface area (Å²) in [4.78, 5) is 11.4. The average molecular weight is 299 g/mol. The molecule has 3 N–H and O–H groups in total. The van der Waals surface area contributed by atoms with Crippen LogP contribution in [0.25, 0.3) is 0 Å². The lowest BCUT2D eigenvalue weighted by atomic mass is 10.2. The van der Waals surface area contributed by atoms with E-state index < -0.39 is 10.0 Å². The Morgan fingerprint density at radius 1 is 1.32 bits per heavy atom. The highest BCUT2D eigenvalue weighted by molar-refractivity contribution is 7.93. The van der Waals surface area contributed by atoms with Crippen LogP contribution in [-0.2, 0) is 10.0 Å². The number of thiazole rings is 1. The van der Waals surface area contributed by atoms with Gasteiger partial charge in [-0.3, -0.25) is 4.72 Å². The van der Waals surface area contributed by atoms with E-state index in [-0.39, 0.29) is 16.8 Å². The van der Waals surface area contributed by atoms with Crippen LogP contribution in [0.4, 0.5) is 11.1 Å². The van der Waals surface area contributed by atoms with E-state index in [0.717, 1.165) is 18.1 Å². The van der Waals surface area contributed by atoms with Crippen LogP contribution < -0.4 is 10.5 Å². The van der Waals surface area contributed by atoms with Crippen LogP contribution in [-0.4, -0.2) is 23.4 Å². The quantitative estimate of drug-likeness (QED) is 0.883. The summed E-state index contributed by atoms with van der Waals surface area (Å²) in [5.74, 6) is 0.268. The summed E-state index contributed by atoms with van der Waals surface area (Å²) >= 11 is 1.24. The number of aromatic nitrogens is 3. The molecule has 2 aromatic rings. The third kappa shape index (κ3) is 3.18. The van der Waals surface area contributed by atoms with Gasteiger partial charge < -0.3 is 5.73 Å². The Morgan fingerprint density at radius 3 is 2.47 bits per heavy atom. The molecule has 0 aliphatic heterocycles. The maximum absolute atomic E-state index is 12.0. The third-order valence-corrected chi connectivity index (χ3v) is 4.49. The number of rotatable bonds is 4. The van der Waals surface area contributed by atoms with Gasteiger partial charge in [-0.15, -0.1) is 11.3 Å². The Labute approximate surface area is 115 Å². The van der Waals surface area contributed by atoms with Crippen LogP contribution >= 0.6 is 11.3 Å². The van der Waals surface area contributed by atoms with Crippen LogP contribution in [0.2, 0.25) is 0 Å². The smallest absolute Gasteiger partial charge is 0.266 e. The van der Waals surface area contributed by atoms with Crippen LogP contribution in [0.3, 0.4) is 0 Å². The second-order valence-corrected chi connectivity index (χ2v) is 6.66. The molecular formula is C10H13N5O2S2. The summed E-state index contributed by atoms with van der Waals surface area (Å²) < 4.78 is 26.4. The molecule has 0 saturated carbocycles. The van der Waals surface area contributed by atoms with Crippen molar-refractivity contribution in [3.05, 3.63) is 23.5 Å². The van der Waals surface area contributed by atoms with E-state index in [1.165, 1.54) is 11.3 Å². The number of nitrogens with one attached hydrogen (secondary N) is 1. The van der Waals surface area contributed by atoms with Crippen molar-refractivity contribution in [2.75, 3.05) is 10.5 Å². The molecule has 9 heteroatoms. The number of nitrogens with two attached hydrogens (primary N) is 1. The summed E-state index contributed by atoms with van der Waals surface area (Å²) in [7, 11) is -3.73. The summed E-state index contributed by atoms with van der Waals surface area (Å²) in [5.41, 5.74) is 6.16. The number of nitrogens with zero attached hydrogens (tertiary/aromatic N) is 3. The van der Waals surface area contributed by atoms with E-state index in [4.69, 9.17) is 5.73 Å². The maximum atomic E-state index is 12.0. The van der Waals surface area contributed by atoms with Gasteiger partial charge in [0.1, 0.15) is 4.90 Å². The Bertz CT molecular complexity index is 663. The van der Waals surface area contributed by atoms with Crippen LogP contribution in [0.15, 0.2) is 22.7 Å². The zero-order valence-corrected chi connectivity index (χ0v) is 12.0. The van der Waals surface area contributed by atoms with Gasteiger partial charge in [0.2, 0.25) is 5.95 Å². The second kappa shape index (κ2) is 5.10. The molecule has 0 aliphatic rings. The molecule has 0 aliphatic carbocycles. The van der Waals surface area contributed by atoms with Crippen molar-refractivity contribution in [2.24, 2.45) is 0 Å². The van der Waals surface area contributed by atoms with E-state index >= 15 is 0 Å². The zero-order valence-electron chi connectivity index (χ0n) is 10.4. The topological polar surface area (TPSA) is 111 Å². The predicted octanol–water partition coefficient (Wildman–Crippen LogP) is 1.44. The molecule has 2 heterocycles. The van der Waals surface area contributed by atoms with Crippen molar-refractivity contribution < 1.29 is 8.42 Å². The van der Waals surface area contributed by atoms with Gasteiger partial charge in [0.05, 0.1) is 18.1 Å². The van der Waals surface area contributed by atoms with Crippen LogP contribution in [0.1, 0.15) is 25.5 Å². The summed E-state index contributed by atoms with van der Waals surface area (Å²) in [6, 6.07) is 0. The van der Waals surface area contributed by atoms with Crippen LogP contribution in [0, 0.1) is 0 Å². The summed E-state index contributed by atoms with van der Waals surface area (Å²) in [6.07, 6.45) is 2.31. The Hall–Kier alpha value is -1.74. The van der Waals surface area contributed by atoms with Gasteiger partial charge in [-0.05, 0) is 5.92 Å². The van der Waals surface area contributed by atoms with Gasteiger partial charge >= 0.3 is 0 Å². The molecule has 2 aromatic heterocycles. The molecular weight excluding hydrogens is 286 g/mol. The third-order valence-electron chi connectivity index (χ3n) is 2.29. The lowest BCUT2D eigenvalue weighted by Crippen LogP contribution is -2.14. The Balaban J connectivity index is 2.23. The standard InChI is InChI=1S/C10H13N5O2S2/c1-6(2)8-5-18-10(14-8)15-19(16,17)7-3-12-9(11)13-4-7/h3-6H,1-2H3,(H,14,15)(H2,11,12,13). The first-order valence-electron chi connectivity index (χ1n) is 5.44.